The number of aryl methyl sites for hydroxylation is 1. The standard InChI is InChI=1S/C12H20N6O2S/c1-4-10-6-15-18(7-10)12(13-5-2)16-21(19,20)11-8-17(3)9-14-11/h6,8-10H,4-5,7H2,1-3H3,(H,13,16). The van der Waals surface area contributed by atoms with Gasteiger partial charge in [0.05, 0.1) is 12.9 Å². The van der Waals surface area contributed by atoms with Crippen LogP contribution in [0.4, 0.5) is 0 Å². The minimum Gasteiger partial charge on any atom is -0.339 e. The average molecular weight is 312 g/mol. The Bertz CT molecular complexity index is 648. The molecule has 0 aromatic carbocycles. The number of guanidine groups is 1. The van der Waals surface area contributed by atoms with Gasteiger partial charge in [-0.15, -0.1) is 0 Å². The molecular formula is C12H20N6O2S. The van der Waals surface area contributed by atoms with Crippen molar-refractivity contribution >= 4 is 22.2 Å². The van der Waals surface area contributed by atoms with Gasteiger partial charge in [-0.05, 0) is 13.3 Å². The minimum absolute atomic E-state index is 0.0379. The molecule has 2 heterocycles. The summed E-state index contributed by atoms with van der Waals surface area (Å²) in [6.07, 6.45) is 5.65. The summed E-state index contributed by atoms with van der Waals surface area (Å²) in [5, 5.41) is 5.76. The molecule has 1 unspecified atom stereocenters. The van der Waals surface area contributed by atoms with E-state index in [1.54, 1.807) is 16.6 Å². The predicted molar refractivity (Wildman–Crippen MR) is 80.5 cm³/mol. The average Bonchev–Trinajstić information content (AvgIpc) is 3.06. The summed E-state index contributed by atoms with van der Waals surface area (Å²) in [5.74, 6) is 0.543. The first-order valence-electron chi connectivity index (χ1n) is 6.83. The second kappa shape index (κ2) is 6.25. The lowest BCUT2D eigenvalue weighted by molar-refractivity contribution is 0.429. The molecule has 0 saturated heterocycles. The van der Waals surface area contributed by atoms with Gasteiger partial charge in [0.2, 0.25) is 5.96 Å². The molecule has 0 amide bonds. The molecule has 0 fully saturated rings. The fraction of sp³-hybridized carbons (Fsp3) is 0.583. The van der Waals surface area contributed by atoms with E-state index in [1.165, 1.54) is 12.5 Å². The van der Waals surface area contributed by atoms with Crippen molar-refractivity contribution in [3.63, 3.8) is 0 Å². The summed E-state index contributed by atoms with van der Waals surface area (Å²) < 4.78 is 28.6. The van der Waals surface area contributed by atoms with Gasteiger partial charge in [0.1, 0.15) is 0 Å². The minimum atomic E-state index is -3.75. The maximum atomic E-state index is 12.3. The molecule has 0 bridgehead atoms. The van der Waals surface area contributed by atoms with Crippen molar-refractivity contribution in [1.29, 1.82) is 0 Å². The molecule has 0 saturated carbocycles. The lowest BCUT2D eigenvalue weighted by Gasteiger charge is -2.18. The van der Waals surface area contributed by atoms with Crippen LogP contribution in [0.25, 0.3) is 0 Å². The number of hydrazone groups is 1. The van der Waals surface area contributed by atoms with Gasteiger partial charge in [0.15, 0.2) is 5.03 Å². The lowest BCUT2D eigenvalue weighted by Crippen LogP contribution is -2.41. The summed E-state index contributed by atoms with van der Waals surface area (Å²) in [6.45, 7) is 4.99. The highest BCUT2D eigenvalue weighted by atomic mass is 32.2. The highest BCUT2D eigenvalue weighted by Gasteiger charge is 2.25. The van der Waals surface area contributed by atoms with Crippen LogP contribution in [0.15, 0.2) is 27.6 Å². The topological polar surface area (TPSA) is 91.9 Å². The molecule has 0 aliphatic carbocycles. The molecule has 1 aromatic rings. The van der Waals surface area contributed by atoms with Crippen molar-refractivity contribution in [3.8, 4) is 0 Å². The maximum Gasteiger partial charge on any atom is 0.283 e. The van der Waals surface area contributed by atoms with E-state index in [4.69, 9.17) is 0 Å². The molecule has 0 radical (unpaired) electrons. The van der Waals surface area contributed by atoms with Crippen LogP contribution < -0.4 is 4.72 Å². The Hall–Kier alpha value is -1.90. The number of aliphatic imine (C=N–C) groups is 1. The van der Waals surface area contributed by atoms with Crippen LogP contribution in [-0.2, 0) is 17.1 Å². The van der Waals surface area contributed by atoms with Gasteiger partial charge in [0, 0.05) is 31.9 Å². The van der Waals surface area contributed by atoms with Crippen molar-refractivity contribution in [2.45, 2.75) is 25.3 Å². The Morgan fingerprint density at radius 2 is 2.29 bits per heavy atom. The van der Waals surface area contributed by atoms with Gasteiger partial charge < -0.3 is 4.57 Å². The van der Waals surface area contributed by atoms with E-state index >= 15 is 0 Å². The largest absolute Gasteiger partial charge is 0.339 e. The van der Waals surface area contributed by atoms with Crippen LogP contribution >= 0.6 is 0 Å². The van der Waals surface area contributed by atoms with Crippen LogP contribution in [0.5, 0.6) is 0 Å². The predicted octanol–water partition coefficient (Wildman–Crippen LogP) is 0.402. The summed E-state index contributed by atoms with van der Waals surface area (Å²) >= 11 is 0. The van der Waals surface area contributed by atoms with Gasteiger partial charge in [-0.2, -0.15) is 13.5 Å². The van der Waals surface area contributed by atoms with E-state index in [-0.39, 0.29) is 11.0 Å². The second-order valence-electron chi connectivity index (χ2n) is 4.80. The number of nitrogens with one attached hydrogen (secondary N) is 1. The zero-order valence-electron chi connectivity index (χ0n) is 12.4. The van der Waals surface area contributed by atoms with Crippen molar-refractivity contribution in [2.75, 3.05) is 13.1 Å². The third-order valence-electron chi connectivity index (χ3n) is 3.08. The molecule has 1 aromatic heterocycles. The van der Waals surface area contributed by atoms with Crippen LogP contribution in [-0.4, -0.2) is 48.2 Å². The summed E-state index contributed by atoms with van der Waals surface area (Å²) in [6, 6.07) is 0. The van der Waals surface area contributed by atoms with Gasteiger partial charge in [0.25, 0.3) is 10.0 Å². The zero-order chi connectivity index (χ0) is 15.5. The van der Waals surface area contributed by atoms with Crippen LogP contribution in [0.1, 0.15) is 20.3 Å². The van der Waals surface area contributed by atoms with Crippen molar-refractivity contribution in [2.24, 2.45) is 23.1 Å². The molecular weight excluding hydrogens is 292 g/mol. The monoisotopic (exact) mass is 312 g/mol. The number of hydrogen-bond acceptors (Lipinski definition) is 5. The fourth-order valence-electron chi connectivity index (χ4n) is 1.88. The molecule has 8 nitrogen and oxygen atoms in total. The van der Waals surface area contributed by atoms with Crippen LogP contribution in [0, 0.1) is 5.92 Å². The number of rotatable bonds is 4. The second-order valence-corrected chi connectivity index (χ2v) is 6.43. The third-order valence-corrected chi connectivity index (χ3v) is 4.30. The van der Waals surface area contributed by atoms with Gasteiger partial charge in [-0.3, -0.25) is 4.99 Å². The number of sulfonamides is 1. The Balaban J connectivity index is 2.18. The van der Waals surface area contributed by atoms with E-state index in [9.17, 15) is 8.42 Å². The molecule has 1 atom stereocenters. The Morgan fingerprint density at radius 3 is 2.81 bits per heavy atom. The quantitative estimate of drug-likeness (QED) is 0.643. The van der Waals surface area contributed by atoms with Crippen molar-refractivity contribution in [3.05, 3.63) is 12.5 Å². The molecule has 1 aliphatic heterocycles. The molecule has 21 heavy (non-hydrogen) atoms. The Labute approximate surface area is 124 Å². The first kappa shape index (κ1) is 15.5. The fourth-order valence-corrected chi connectivity index (χ4v) is 2.89. The third kappa shape index (κ3) is 3.60. The zero-order valence-corrected chi connectivity index (χ0v) is 13.2. The van der Waals surface area contributed by atoms with Crippen molar-refractivity contribution < 1.29 is 8.42 Å². The number of nitrogens with zero attached hydrogens (tertiary/aromatic N) is 5. The van der Waals surface area contributed by atoms with E-state index in [1.807, 2.05) is 13.1 Å². The van der Waals surface area contributed by atoms with E-state index in [0.29, 0.717) is 19.0 Å². The maximum absolute atomic E-state index is 12.3. The SMILES string of the molecule is CCN=C(NS(=O)(=O)c1cn(C)cn1)N1CC(CC)C=N1. The molecule has 116 valence electrons. The van der Waals surface area contributed by atoms with Crippen LogP contribution in [0.2, 0.25) is 0 Å². The molecule has 2 rings (SSSR count). The van der Waals surface area contributed by atoms with Crippen LogP contribution in [0.3, 0.4) is 0 Å². The first-order valence-corrected chi connectivity index (χ1v) is 8.31. The summed E-state index contributed by atoms with van der Waals surface area (Å²) in [7, 11) is -2.04. The van der Waals surface area contributed by atoms with Gasteiger partial charge in [-0.1, -0.05) is 6.92 Å². The number of hydrogen-bond donors (Lipinski definition) is 1. The molecule has 0 spiro atoms. The highest BCUT2D eigenvalue weighted by Crippen LogP contribution is 2.12. The van der Waals surface area contributed by atoms with E-state index < -0.39 is 10.0 Å². The Morgan fingerprint density at radius 1 is 1.52 bits per heavy atom. The normalized spacial score (nSPS) is 19.3. The molecule has 9 heteroatoms. The number of imidazole rings is 1. The van der Waals surface area contributed by atoms with Crippen molar-refractivity contribution in [1.82, 2.24) is 19.3 Å². The molecule has 1 aliphatic rings. The Kier molecular flexibility index (Phi) is 4.61. The summed E-state index contributed by atoms with van der Waals surface area (Å²) in [5.41, 5.74) is 0. The first-order chi connectivity index (χ1) is 9.96. The molecule has 1 N–H and O–H groups in total. The number of aromatic nitrogens is 2. The van der Waals surface area contributed by atoms with E-state index in [2.05, 4.69) is 26.7 Å². The van der Waals surface area contributed by atoms with Gasteiger partial charge >= 0.3 is 0 Å². The lowest BCUT2D eigenvalue weighted by atomic mass is 10.1. The smallest absolute Gasteiger partial charge is 0.283 e. The van der Waals surface area contributed by atoms with E-state index in [0.717, 1.165) is 6.42 Å². The highest BCUT2D eigenvalue weighted by molar-refractivity contribution is 7.90. The van der Waals surface area contributed by atoms with Gasteiger partial charge in [-0.25, -0.2) is 14.7 Å². The summed E-state index contributed by atoms with van der Waals surface area (Å²) in [4.78, 5) is 8.06.